The molecule has 0 amide bonds. The second kappa shape index (κ2) is 11.5. The minimum absolute atomic E-state index is 0.185. The standard InChI is InChI=1S/C17H25O3/c1-2-3-4-5-6-10-14-19-15-13-17(18)20-16-11-8-7-9-12-16/h7-9,11-12,15H,2-6,10,13-14H2,1H3. The molecule has 0 bridgehead atoms. The summed E-state index contributed by atoms with van der Waals surface area (Å²) in [4.78, 5) is 11.5. The Morgan fingerprint density at radius 2 is 1.75 bits per heavy atom. The third-order valence-electron chi connectivity index (χ3n) is 2.96. The summed E-state index contributed by atoms with van der Waals surface area (Å²) in [6.45, 7) is 4.44. The van der Waals surface area contributed by atoms with E-state index in [-0.39, 0.29) is 12.4 Å². The Bertz CT molecular complexity index is 349. The van der Waals surface area contributed by atoms with Crippen molar-refractivity contribution in [1.82, 2.24) is 0 Å². The molecule has 0 aromatic heterocycles. The van der Waals surface area contributed by atoms with Gasteiger partial charge in [0.15, 0.2) is 0 Å². The summed E-state index contributed by atoms with van der Waals surface area (Å²) in [6.07, 6.45) is 7.60. The molecule has 3 nitrogen and oxygen atoms in total. The van der Waals surface area contributed by atoms with Crippen molar-refractivity contribution < 1.29 is 14.3 Å². The van der Waals surface area contributed by atoms with Gasteiger partial charge in [-0.1, -0.05) is 57.2 Å². The summed E-state index contributed by atoms with van der Waals surface area (Å²) in [5, 5.41) is 0. The molecule has 0 saturated heterocycles. The van der Waals surface area contributed by atoms with Crippen LogP contribution >= 0.6 is 0 Å². The summed E-state index contributed by atoms with van der Waals surface area (Å²) < 4.78 is 10.5. The van der Waals surface area contributed by atoms with Crippen LogP contribution in [0.5, 0.6) is 5.75 Å². The SMILES string of the molecule is CCCCCCCCO[CH]CC(=O)Oc1ccccc1. The van der Waals surface area contributed by atoms with Crippen LogP contribution in [0.25, 0.3) is 0 Å². The highest BCUT2D eigenvalue weighted by atomic mass is 16.5. The van der Waals surface area contributed by atoms with Gasteiger partial charge in [0, 0.05) is 6.61 Å². The van der Waals surface area contributed by atoms with Crippen molar-refractivity contribution in [3.63, 3.8) is 0 Å². The van der Waals surface area contributed by atoms with Crippen LogP contribution in [-0.2, 0) is 9.53 Å². The van der Waals surface area contributed by atoms with E-state index in [1.165, 1.54) is 38.7 Å². The molecule has 1 aromatic carbocycles. The van der Waals surface area contributed by atoms with Crippen molar-refractivity contribution >= 4 is 5.97 Å². The van der Waals surface area contributed by atoms with Gasteiger partial charge in [0.2, 0.25) is 0 Å². The van der Waals surface area contributed by atoms with Crippen LogP contribution in [0.1, 0.15) is 51.9 Å². The number of ether oxygens (including phenoxy) is 2. The molecule has 20 heavy (non-hydrogen) atoms. The number of esters is 1. The Morgan fingerprint density at radius 3 is 2.50 bits per heavy atom. The molecule has 1 radical (unpaired) electrons. The molecule has 111 valence electrons. The number of hydrogen-bond acceptors (Lipinski definition) is 3. The second-order valence-electron chi connectivity index (χ2n) is 4.80. The Balaban J connectivity index is 1.92. The zero-order valence-corrected chi connectivity index (χ0v) is 12.3. The molecular formula is C17H25O3. The highest BCUT2D eigenvalue weighted by Gasteiger charge is 2.04. The summed E-state index contributed by atoms with van der Waals surface area (Å²) in [6, 6.07) is 9.07. The van der Waals surface area contributed by atoms with Gasteiger partial charge < -0.3 is 9.47 Å². The van der Waals surface area contributed by atoms with E-state index in [4.69, 9.17) is 9.47 Å². The maximum Gasteiger partial charge on any atom is 0.313 e. The maximum absolute atomic E-state index is 11.5. The quantitative estimate of drug-likeness (QED) is 0.339. The van der Waals surface area contributed by atoms with Crippen LogP contribution in [0.15, 0.2) is 30.3 Å². The molecular weight excluding hydrogens is 252 g/mol. The van der Waals surface area contributed by atoms with Gasteiger partial charge in [-0.25, -0.2) is 0 Å². The number of benzene rings is 1. The molecule has 0 aliphatic rings. The van der Waals surface area contributed by atoms with Gasteiger partial charge in [-0.05, 0) is 18.6 Å². The van der Waals surface area contributed by atoms with Gasteiger partial charge in [0.05, 0.1) is 13.0 Å². The lowest BCUT2D eigenvalue weighted by atomic mass is 10.1. The fraction of sp³-hybridized carbons (Fsp3) is 0.529. The first-order chi connectivity index (χ1) is 9.83. The van der Waals surface area contributed by atoms with Crippen molar-refractivity contribution in [1.29, 1.82) is 0 Å². The van der Waals surface area contributed by atoms with Crippen molar-refractivity contribution in [2.45, 2.75) is 51.9 Å². The lowest BCUT2D eigenvalue weighted by molar-refractivity contribution is -0.134. The van der Waals surface area contributed by atoms with E-state index in [9.17, 15) is 4.79 Å². The first-order valence-electron chi connectivity index (χ1n) is 7.52. The molecule has 0 N–H and O–H groups in total. The first-order valence-corrected chi connectivity index (χ1v) is 7.52. The van der Waals surface area contributed by atoms with Gasteiger partial charge in [0.1, 0.15) is 5.75 Å². The average molecular weight is 277 g/mol. The van der Waals surface area contributed by atoms with Gasteiger partial charge in [-0.15, -0.1) is 0 Å². The minimum atomic E-state index is -0.292. The van der Waals surface area contributed by atoms with Gasteiger partial charge in [-0.3, -0.25) is 4.79 Å². The van der Waals surface area contributed by atoms with Crippen LogP contribution in [0.2, 0.25) is 0 Å². The van der Waals surface area contributed by atoms with Crippen molar-refractivity contribution in [3.05, 3.63) is 36.9 Å². The molecule has 0 saturated carbocycles. The third-order valence-corrected chi connectivity index (χ3v) is 2.96. The molecule has 3 heteroatoms. The zero-order valence-electron chi connectivity index (χ0n) is 12.3. The molecule has 1 aromatic rings. The van der Waals surface area contributed by atoms with E-state index < -0.39 is 0 Å². The van der Waals surface area contributed by atoms with E-state index in [1.807, 2.05) is 18.2 Å². The van der Waals surface area contributed by atoms with E-state index >= 15 is 0 Å². The number of para-hydroxylation sites is 1. The summed E-state index contributed by atoms with van der Waals surface area (Å²) in [7, 11) is 0. The third kappa shape index (κ3) is 8.70. The smallest absolute Gasteiger partial charge is 0.313 e. The van der Waals surface area contributed by atoms with Crippen LogP contribution < -0.4 is 4.74 Å². The number of unbranched alkanes of at least 4 members (excludes halogenated alkanes) is 5. The predicted octanol–water partition coefficient (Wildman–Crippen LogP) is 4.52. The number of carbonyl (C=O) groups excluding carboxylic acids is 1. The lowest BCUT2D eigenvalue weighted by Crippen LogP contribution is -2.08. The monoisotopic (exact) mass is 277 g/mol. The Kier molecular flexibility index (Phi) is 9.58. The summed E-state index contributed by atoms with van der Waals surface area (Å²) in [5.41, 5.74) is 0. The maximum atomic E-state index is 11.5. The van der Waals surface area contributed by atoms with Crippen LogP contribution in [-0.4, -0.2) is 12.6 Å². The fourth-order valence-electron chi connectivity index (χ4n) is 1.84. The molecule has 0 heterocycles. The van der Waals surface area contributed by atoms with Crippen LogP contribution in [0.3, 0.4) is 0 Å². The summed E-state index contributed by atoms with van der Waals surface area (Å²) in [5.74, 6) is 0.279. The lowest BCUT2D eigenvalue weighted by Gasteiger charge is -2.05. The van der Waals surface area contributed by atoms with E-state index in [2.05, 4.69) is 6.92 Å². The van der Waals surface area contributed by atoms with E-state index in [0.717, 1.165) is 6.42 Å². The van der Waals surface area contributed by atoms with Crippen LogP contribution in [0, 0.1) is 6.61 Å². The fourth-order valence-corrected chi connectivity index (χ4v) is 1.84. The first kappa shape index (κ1) is 16.7. The summed E-state index contributed by atoms with van der Waals surface area (Å²) >= 11 is 0. The highest BCUT2D eigenvalue weighted by Crippen LogP contribution is 2.10. The zero-order chi connectivity index (χ0) is 14.5. The number of carbonyl (C=O) groups is 1. The predicted molar refractivity (Wildman–Crippen MR) is 80.3 cm³/mol. The van der Waals surface area contributed by atoms with Crippen LogP contribution in [0.4, 0.5) is 0 Å². The largest absolute Gasteiger partial charge is 0.426 e. The molecule has 0 aliphatic carbocycles. The van der Waals surface area contributed by atoms with Gasteiger partial charge >= 0.3 is 5.97 Å². The minimum Gasteiger partial charge on any atom is -0.426 e. The van der Waals surface area contributed by atoms with E-state index in [1.54, 1.807) is 12.1 Å². The normalized spacial score (nSPS) is 10.4. The number of rotatable bonds is 11. The second-order valence-corrected chi connectivity index (χ2v) is 4.80. The van der Waals surface area contributed by atoms with Gasteiger partial charge in [-0.2, -0.15) is 0 Å². The molecule has 0 spiro atoms. The number of hydrogen-bond donors (Lipinski definition) is 0. The molecule has 0 unspecified atom stereocenters. The molecule has 0 fully saturated rings. The molecule has 0 aliphatic heterocycles. The van der Waals surface area contributed by atoms with Crippen molar-refractivity contribution in [2.75, 3.05) is 6.61 Å². The molecule has 1 rings (SSSR count). The topological polar surface area (TPSA) is 35.5 Å². The average Bonchev–Trinajstić information content (AvgIpc) is 2.46. The van der Waals surface area contributed by atoms with E-state index in [0.29, 0.717) is 12.4 Å². The Labute approximate surface area is 122 Å². The molecule has 0 atom stereocenters. The Morgan fingerprint density at radius 1 is 1.05 bits per heavy atom. The van der Waals surface area contributed by atoms with Gasteiger partial charge in [0.25, 0.3) is 0 Å². The highest BCUT2D eigenvalue weighted by molar-refractivity contribution is 5.73. The van der Waals surface area contributed by atoms with Crippen molar-refractivity contribution in [3.8, 4) is 5.75 Å². The Hall–Kier alpha value is -1.35. The van der Waals surface area contributed by atoms with Crippen molar-refractivity contribution in [2.24, 2.45) is 0 Å².